The second kappa shape index (κ2) is 8.56. The molecule has 8 nitrogen and oxygen atoms in total. The molecule has 192 valence electrons. The number of carbonyl (C=O) groups excluding carboxylic acids is 2. The summed E-state index contributed by atoms with van der Waals surface area (Å²) in [7, 11) is 0. The second-order valence-corrected chi connectivity index (χ2v) is 10.4. The summed E-state index contributed by atoms with van der Waals surface area (Å²) in [6.45, 7) is 3.76. The SMILES string of the molecule is Cc1cc(C)cc(N2C(=O)[C@@H]3[C@@H](c4ccccc4O)N[C@](Cc4c[nH]c5ccccc45)(C(=O)O)[C@@H]3C2=O)c1. The molecule has 2 aliphatic rings. The van der Waals surface area contributed by atoms with Gasteiger partial charge in [0.25, 0.3) is 0 Å². The molecule has 2 saturated heterocycles. The van der Waals surface area contributed by atoms with Crippen LogP contribution in [0.4, 0.5) is 5.69 Å². The number of anilines is 1. The molecule has 4 N–H and O–H groups in total. The number of fused-ring (bicyclic) bond motifs is 2. The van der Waals surface area contributed by atoms with E-state index in [1.54, 1.807) is 36.5 Å². The van der Waals surface area contributed by atoms with Crippen molar-refractivity contribution in [2.75, 3.05) is 4.90 Å². The topological polar surface area (TPSA) is 123 Å². The third kappa shape index (κ3) is 3.44. The smallest absolute Gasteiger partial charge is 0.325 e. The molecule has 8 heteroatoms. The summed E-state index contributed by atoms with van der Waals surface area (Å²) < 4.78 is 0. The molecule has 3 aromatic carbocycles. The van der Waals surface area contributed by atoms with Crippen molar-refractivity contribution in [1.29, 1.82) is 0 Å². The van der Waals surface area contributed by atoms with Crippen molar-refractivity contribution >= 4 is 34.4 Å². The number of aliphatic carboxylic acids is 1. The molecule has 0 aliphatic carbocycles. The number of nitrogens with one attached hydrogen (secondary N) is 2. The Hall–Kier alpha value is -4.43. The van der Waals surface area contributed by atoms with Gasteiger partial charge in [-0.05, 0) is 54.8 Å². The summed E-state index contributed by atoms with van der Waals surface area (Å²) >= 11 is 0. The molecule has 1 aromatic heterocycles. The van der Waals surface area contributed by atoms with E-state index in [-0.39, 0.29) is 12.2 Å². The molecule has 2 fully saturated rings. The van der Waals surface area contributed by atoms with Crippen molar-refractivity contribution in [3.8, 4) is 5.75 Å². The minimum absolute atomic E-state index is 0.0304. The minimum Gasteiger partial charge on any atom is -0.508 e. The lowest BCUT2D eigenvalue weighted by atomic mass is 9.76. The van der Waals surface area contributed by atoms with Gasteiger partial charge in [0.2, 0.25) is 11.8 Å². The Labute approximate surface area is 218 Å². The van der Waals surface area contributed by atoms with Gasteiger partial charge >= 0.3 is 5.97 Å². The Balaban J connectivity index is 1.53. The maximum Gasteiger partial charge on any atom is 0.325 e. The summed E-state index contributed by atoms with van der Waals surface area (Å²) in [6, 6.07) is 18.7. The molecule has 4 atom stereocenters. The molecule has 2 aliphatic heterocycles. The number of phenols is 1. The number of carboxylic acid groups (broad SMARTS) is 1. The van der Waals surface area contributed by atoms with Gasteiger partial charge in [-0.15, -0.1) is 0 Å². The fourth-order valence-corrected chi connectivity index (χ4v) is 6.37. The summed E-state index contributed by atoms with van der Waals surface area (Å²) in [5, 5.41) is 25.5. The van der Waals surface area contributed by atoms with E-state index >= 15 is 0 Å². The maximum absolute atomic E-state index is 14.1. The lowest BCUT2D eigenvalue weighted by Crippen LogP contribution is -2.57. The molecule has 38 heavy (non-hydrogen) atoms. The highest BCUT2D eigenvalue weighted by Gasteiger charge is 2.69. The van der Waals surface area contributed by atoms with Gasteiger partial charge in [0.05, 0.1) is 17.5 Å². The predicted molar refractivity (Wildman–Crippen MR) is 142 cm³/mol. The van der Waals surface area contributed by atoms with Crippen LogP contribution < -0.4 is 10.2 Å². The number of amides is 2. The number of H-pyrrole nitrogens is 1. The highest BCUT2D eigenvalue weighted by molar-refractivity contribution is 6.24. The molecule has 6 rings (SSSR count). The zero-order chi connectivity index (χ0) is 26.8. The first-order valence-corrected chi connectivity index (χ1v) is 12.5. The summed E-state index contributed by atoms with van der Waals surface area (Å²) in [5.41, 5.74) is 2.36. The molecular weight excluding hydrogens is 482 g/mol. The second-order valence-electron chi connectivity index (χ2n) is 10.4. The van der Waals surface area contributed by atoms with Gasteiger partial charge in [0.15, 0.2) is 0 Å². The van der Waals surface area contributed by atoms with Crippen LogP contribution in [0.5, 0.6) is 5.75 Å². The molecule has 2 amide bonds. The first-order valence-electron chi connectivity index (χ1n) is 12.5. The van der Waals surface area contributed by atoms with Gasteiger partial charge in [-0.1, -0.05) is 42.5 Å². The Kier molecular flexibility index (Phi) is 5.39. The van der Waals surface area contributed by atoms with Gasteiger partial charge in [-0.3, -0.25) is 19.7 Å². The fourth-order valence-electron chi connectivity index (χ4n) is 6.37. The standard InChI is InChI=1S/C30H27N3O5/c1-16-11-17(2)13-19(12-16)33-27(35)24-25(28(33)36)30(29(37)38,32-26(24)21-8-4-6-10-23(21)34)14-18-15-31-22-9-5-3-7-20(18)22/h3-13,15,24-26,31-32,34H,14H2,1-2H3,(H,37,38)/t24-,25-,26+,30-/m0/s1. The van der Waals surface area contributed by atoms with E-state index in [4.69, 9.17) is 0 Å². The number of benzene rings is 3. The number of aryl methyl sites for hydroxylation is 2. The quantitative estimate of drug-likeness (QED) is 0.302. The average Bonchev–Trinajstić information content (AvgIpc) is 3.51. The third-order valence-corrected chi connectivity index (χ3v) is 7.92. The number of aromatic nitrogens is 1. The number of hydrogen-bond donors (Lipinski definition) is 4. The number of imide groups is 1. The molecule has 0 spiro atoms. The lowest BCUT2D eigenvalue weighted by Gasteiger charge is -2.31. The molecule has 0 unspecified atom stereocenters. The van der Waals surface area contributed by atoms with Crippen molar-refractivity contribution in [2.24, 2.45) is 11.8 Å². The van der Waals surface area contributed by atoms with E-state index in [0.29, 0.717) is 11.3 Å². The normalized spacial score (nSPS) is 24.8. The highest BCUT2D eigenvalue weighted by atomic mass is 16.4. The van der Waals surface area contributed by atoms with E-state index in [1.807, 2.05) is 44.2 Å². The summed E-state index contributed by atoms with van der Waals surface area (Å²) in [5.74, 6) is -4.53. The number of aromatic hydroxyl groups is 1. The predicted octanol–water partition coefficient (Wildman–Crippen LogP) is 4.01. The maximum atomic E-state index is 14.1. The number of hydrogen-bond acceptors (Lipinski definition) is 5. The Morgan fingerprint density at radius 3 is 2.37 bits per heavy atom. The molecule has 3 heterocycles. The van der Waals surface area contributed by atoms with Crippen LogP contribution in [-0.2, 0) is 20.8 Å². The van der Waals surface area contributed by atoms with Crippen LogP contribution in [0.3, 0.4) is 0 Å². The van der Waals surface area contributed by atoms with Gasteiger partial charge in [-0.2, -0.15) is 0 Å². The number of aromatic amines is 1. The van der Waals surface area contributed by atoms with E-state index in [9.17, 15) is 24.6 Å². The zero-order valence-corrected chi connectivity index (χ0v) is 20.9. The molecule has 0 radical (unpaired) electrons. The van der Waals surface area contributed by atoms with Crippen LogP contribution in [0.25, 0.3) is 10.9 Å². The van der Waals surface area contributed by atoms with Crippen molar-refractivity contribution in [3.05, 3.63) is 95.2 Å². The largest absolute Gasteiger partial charge is 0.508 e. The van der Waals surface area contributed by atoms with Gasteiger partial charge in [0.1, 0.15) is 11.3 Å². The van der Waals surface area contributed by atoms with Crippen LogP contribution in [0, 0.1) is 25.7 Å². The number of carboxylic acids is 1. The Bertz CT molecular complexity index is 1600. The van der Waals surface area contributed by atoms with Crippen molar-refractivity contribution in [3.63, 3.8) is 0 Å². The van der Waals surface area contributed by atoms with Crippen LogP contribution in [0.15, 0.2) is 72.9 Å². The number of phenolic OH excluding ortho intramolecular Hbond substituents is 1. The van der Waals surface area contributed by atoms with E-state index in [0.717, 1.165) is 32.5 Å². The number of nitrogens with zero attached hydrogens (tertiary/aromatic N) is 1. The van der Waals surface area contributed by atoms with E-state index in [1.165, 1.54) is 6.07 Å². The molecule has 0 saturated carbocycles. The summed E-state index contributed by atoms with van der Waals surface area (Å²) in [4.78, 5) is 45.6. The van der Waals surface area contributed by atoms with E-state index < -0.39 is 41.2 Å². The van der Waals surface area contributed by atoms with Crippen LogP contribution in [0.1, 0.15) is 28.3 Å². The Morgan fingerprint density at radius 1 is 0.974 bits per heavy atom. The zero-order valence-electron chi connectivity index (χ0n) is 20.9. The number of rotatable bonds is 5. The number of carbonyl (C=O) groups is 3. The van der Waals surface area contributed by atoms with Crippen LogP contribution >= 0.6 is 0 Å². The average molecular weight is 510 g/mol. The monoisotopic (exact) mass is 509 g/mol. The molecular formula is C30H27N3O5. The van der Waals surface area contributed by atoms with E-state index in [2.05, 4.69) is 10.3 Å². The van der Waals surface area contributed by atoms with Crippen molar-refractivity contribution in [2.45, 2.75) is 31.8 Å². The molecule has 4 aromatic rings. The van der Waals surface area contributed by atoms with Crippen molar-refractivity contribution < 1.29 is 24.6 Å². The molecule has 0 bridgehead atoms. The third-order valence-electron chi connectivity index (χ3n) is 7.92. The first-order chi connectivity index (χ1) is 18.2. The van der Waals surface area contributed by atoms with Crippen LogP contribution in [-0.4, -0.2) is 38.5 Å². The number of para-hydroxylation sites is 2. The van der Waals surface area contributed by atoms with Gasteiger partial charge in [0, 0.05) is 35.1 Å². The minimum atomic E-state index is -1.79. The lowest BCUT2D eigenvalue weighted by molar-refractivity contribution is -0.148. The van der Waals surface area contributed by atoms with Crippen molar-refractivity contribution in [1.82, 2.24) is 10.3 Å². The van der Waals surface area contributed by atoms with Crippen LogP contribution in [0.2, 0.25) is 0 Å². The summed E-state index contributed by atoms with van der Waals surface area (Å²) in [6.07, 6.45) is 1.72. The highest BCUT2D eigenvalue weighted by Crippen LogP contribution is 2.52. The fraction of sp³-hybridized carbons (Fsp3) is 0.233. The van der Waals surface area contributed by atoms with Gasteiger partial charge < -0.3 is 15.2 Å². The Morgan fingerprint density at radius 2 is 1.66 bits per heavy atom. The first kappa shape index (κ1) is 23.9. The van der Waals surface area contributed by atoms with Gasteiger partial charge in [-0.25, -0.2) is 4.90 Å².